The Kier molecular flexibility index (Phi) is 2.77. The second kappa shape index (κ2) is 4.87. The quantitative estimate of drug-likeness (QED) is 0.729. The Labute approximate surface area is 137 Å². The molecule has 1 aliphatic carbocycles. The van der Waals surface area contributed by atoms with Gasteiger partial charge in [-0.05, 0) is 37.1 Å². The smallest absolute Gasteiger partial charge is 0.271 e. The summed E-state index contributed by atoms with van der Waals surface area (Å²) in [5, 5.41) is 0. The Balaban J connectivity index is 1.79. The number of pyridine rings is 2. The number of fused-ring (bicyclic) bond motifs is 3. The molecule has 0 unspecified atom stereocenters. The minimum Gasteiger partial charge on any atom is -0.333 e. The van der Waals surface area contributed by atoms with E-state index in [9.17, 15) is 9.18 Å². The minimum absolute atomic E-state index is 0.0304. The molecule has 1 saturated carbocycles. The lowest BCUT2D eigenvalue weighted by Crippen LogP contribution is -2.41. The van der Waals surface area contributed by atoms with Crippen molar-refractivity contribution in [3.05, 3.63) is 48.2 Å². The van der Waals surface area contributed by atoms with Crippen LogP contribution in [-0.4, -0.2) is 37.9 Å². The summed E-state index contributed by atoms with van der Waals surface area (Å²) in [6.45, 7) is 1.48. The highest BCUT2D eigenvalue weighted by Gasteiger charge is 2.39. The minimum atomic E-state index is -0.393. The van der Waals surface area contributed by atoms with Crippen LogP contribution in [0.15, 0.2) is 36.7 Å². The molecule has 3 aromatic rings. The molecule has 0 aromatic carbocycles. The van der Waals surface area contributed by atoms with E-state index in [0.29, 0.717) is 23.0 Å². The third-order valence-electron chi connectivity index (χ3n) is 4.82. The Hall–Kier alpha value is -2.76. The molecule has 24 heavy (non-hydrogen) atoms. The number of nitrogens with zero attached hydrogens (tertiary/aromatic N) is 4. The maximum Gasteiger partial charge on any atom is 0.271 e. The Morgan fingerprint density at radius 1 is 1.12 bits per heavy atom. The van der Waals surface area contributed by atoms with Crippen molar-refractivity contribution >= 4 is 16.9 Å². The van der Waals surface area contributed by atoms with Crippen LogP contribution in [0.5, 0.6) is 0 Å². The SMILES string of the molecule is O=C1c2c(-c3ccc(F)cn3)c3ncccc3n2CCN1C1CC1. The fourth-order valence-electron chi connectivity index (χ4n) is 3.58. The molecule has 3 aromatic heterocycles. The average molecular weight is 322 g/mol. The van der Waals surface area contributed by atoms with E-state index < -0.39 is 5.82 Å². The molecule has 1 fully saturated rings. The fourth-order valence-corrected chi connectivity index (χ4v) is 3.58. The van der Waals surface area contributed by atoms with E-state index in [1.54, 1.807) is 12.3 Å². The molecule has 0 atom stereocenters. The van der Waals surface area contributed by atoms with Crippen LogP contribution in [0, 0.1) is 5.82 Å². The van der Waals surface area contributed by atoms with Gasteiger partial charge in [0, 0.05) is 25.3 Å². The molecule has 0 N–H and O–H groups in total. The van der Waals surface area contributed by atoms with Gasteiger partial charge in [0.25, 0.3) is 5.91 Å². The first-order valence-corrected chi connectivity index (χ1v) is 8.14. The van der Waals surface area contributed by atoms with Gasteiger partial charge >= 0.3 is 0 Å². The van der Waals surface area contributed by atoms with Gasteiger partial charge in [0.05, 0.1) is 28.5 Å². The standard InChI is InChI=1S/C18H15FN4O/c19-11-3-6-13(21-10-11)15-16-14(2-1-7-20-16)23-9-8-22(12-4-5-12)18(24)17(15)23/h1-3,6-7,10,12H,4-5,8-9H2. The van der Waals surface area contributed by atoms with Crippen molar-refractivity contribution in [1.29, 1.82) is 0 Å². The van der Waals surface area contributed by atoms with Crippen LogP contribution >= 0.6 is 0 Å². The van der Waals surface area contributed by atoms with Crippen molar-refractivity contribution in [1.82, 2.24) is 19.4 Å². The van der Waals surface area contributed by atoms with E-state index in [1.807, 2.05) is 21.6 Å². The molecule has 120 valence electrons. The molecule has 2 aliphatic rings. The highest BCUT2D eigenvalue weighted by atomic mass is 19.1. The van der Waals surface area contributed by atoms with Gasteiger partial charge < -0.3 is 9.47 Å². The average Bonchev–Trinajstić information content (AvgIpc) is 3.38. The zero-order chi connectivity index (χ0) is 16.3. The Morgan fingerprint density at radius 3 is 2.75 bits per heavy atom. The van der Waals surface area contributed by atoms with Crippen molar-refractivity contribution < 1.29 is 9.18 Å². The van der Waals surface area contributed by atoms with E-state index in [2.05, 4.69) is 9.97 Å². The zero-order valence-electron chi connectivity index (χ0n) is 12.9. The Bertz CT molecular complexity index is 959. The van der Waals surface area contributed by atoms with Crippen molar-refractivity contribution in [2.24, 2.45) is 0 Å². The molecule has 0 spiro atoms. The summed E-state index contributed by atoms with van der Waals surface area (Å²) in [4.78, 5) is 23.7. The maximum atomic E-state index is 13.3. The summed E-state index contributed by atoms with van der Waals surface area (Å²) in [6.07, 6.45) is 5.05. The van der Waals surface area contributed by atoms with Gasteiger partial charge in [-0.2, -0.15) is 0 Å². The van der Waals surface area contributed by atoms with Crippen LogP contribution in [0.1, 0.15) is 23.3 Å². The molecule has 5 nitrogen and oxygen atoms in total. The molecule has 0 saturated heterocycles. The summed E-state index contributed by atoms with van der Waals surface area (Å²) in [5.74, 6) is -0.363. The van der Waals surface area contributed by atoms with Crippen molar-refractivity contribution in [2.75, 3.05) is 6.54 Å². The number of carbonyl (C=O) groups excluding carboxylic acids is 1. The largest absolute Gasteiger partial charge is 0.333 e. The van der Waals surface area contributed by atoms with Gasteiger partial charge in [0.1, 0.15) is 11.5 Å². The second-order valence-corrected chi connectivity index (χ2v) is 6.34. The lowest BCUT2D eigenvalue weighted by Gasteiger charge is -2.29. The van der Waals surface area contributed by atoms with Crippen LogP contribution in [0.4, 0.5) is 4.39 Å². The zero-order valence-corrected chi connectivity index (χ0v) is 12.9. The van der Waals surface area contributed by atoms with Crippen LogP contribution in [0.2, 0.25) is 0 Å². The third-order valence-corrected chi connectivity index (χ3v) is 4.82. The lowest BCUT2D eigenvalue weighted by molar-refractivity contribution is 0.0694. The number of hydrogen-bond acceptors (Lipinski definition) is 3. The number of amides is 1. The molecule has 1 aliphatic heterocycles. The van der Waals surface area contributed by atoms with Gasteiger partial charge in [-0.15, -0.1) is 0 Å². The molecule has 6 heteroatoms. The molecule has 4 heterocycles. The summed E-state index contributed by atoms with van der Waals surface area (Å²) in [5.41, 5.74) is 3.59. The van der Waals surface area contributed by atoms with Gasteiger partial charge in [-0.25, -0.2) is 4.39 Å². The molecular weight excluding hydrogens is 307 g/mol. The first-order chi connectivity index (χ1) is 11.7. The fraction of sp³-hybridized carbons (Fsp3) is 0.278. The topological polar surface area (TPSA) is 51.0 Å². The van der Waals surface area contributed by atoms with Crippen molar-refractivity contribution in [3.63, 3.8) is 0 Å². The predicted octanol–water partition coefficient (Wildman–Crippen LogP) is 2.86. The molecule has 1 amide bonds. The summed E-state index contributed by atoms with van der Waals surface area (Å²) < 4.78 is 15.3. The monoisotopic (exact) mass is 322 g/mol. The summed E-state index contributed by atoms with van der Waals surface area (Å²) in [6, 6.07) is 7.19. The molecule has 0 bridgehead atoms. The third kappa shape index (κ3) is 1.89. The van der Waals surface area contributed by atoms with Gasteiger partial charge in [-0.3, -0.25) is 14.8 Å². The lowest BCUT2D eigenvalue weighted by atomic mass is 10.1. The summed E-state index contributed by atoms with van der Waals surface area (Å²) >= 11 is 0. The normalized spacial score (nSPS) is 17.4. The molecular formula is C18H15FN4O. The highest BCUT2D eigenvalue weighted by Crippen LogP contribution is 2.38. The second-order valence-electron chi connectivity index (χ2n) is 6.34. The Morgan fingerprint density at radius 2 is 2.00 bits per heavy atom. The van der Waals surface area contributed by atoms with Gasteiger partial charge in [-0.1, -0.05) is 0 Å². The van der Waals surface area contributed by atoms with Gasteiger partial charge in [0.15, 0.2) is 0 Å². The van der Waals surface area contributed by atoms with E-state index >= 15 is 0 Å². The summed E-state index contributed by atoms with van der Waals surface area (Å²) in [7, 11) is 0. The first kappa shape index (κ1) is 13.7. The van der Waals surface area contributed by atoms with Crippen LogP contribution < -0.4 is 0 Å². The van der Waals surface area contributed by atoms with E-state index in [0.717, 1.165) is 37.0 Å². The highest BCUT2D eigenvalue weighted by molar-refractivity contribution is 6.09. The van der Waals surface area contributed by atoms with E-state index in [-0.39, 0.29) is 5.91 Å². The molecule has 5 rings (SSSR count). The van der Waals surface area contributed by atoms with Crippen LogP contribution in [0.25, 0.3) is 22.3 Å². The van der Waals surface area contributed by atoms with E-state index in [1.165, 1.54) is 12.3 Å². The van der Waals surface area contributed by atoms with Crippen LogP contribution in [-0.2, 0) is 6.54 Å². The molecule has 0 radical (unpaired) electrons. The van der Waals surface area contributed by atoms with Crippen molar-refractivity contribution in [2.45, 2.75) is 25.4 Å². The van der Waals surface area contributed by atoms with Gasteiger partial charge in [0.2, 0.25) is 0 Å². The first-order valence-electron chi connectivity index (χ1n) is 8.14. The maximum absolute atomic E-state index is 13.3. The van der Waals surface area contributed by atoms with Crippen molar-refractivity contribution in [3.8, 4) is 11.3 Å². The number of rotatable bonds is 2. The number of aromatic nitrogens is 3. The number of carbonyl (C=O) groups is 1. The number of hydrogen-bond donors (Lipinski definition) is 0. The van der Waals surface area contributed by atoms with Crippen LogP contribution in [0.3, 0.4) is 0 Å². The van der Waals surface area contributed by atoms with E-state index in [4.69, 9.17) is 0 Å². The number of halogens is 1. The predicted molar refractivity (Wildman–Crippen MR) is 87.0 cm³/mol.